The van der Waals surface area contributed by atoms with Crippen LogP contribution in [0.15, 0.2) is 18.3 Å². The number of ether oxygens (including phenoxy) is 1. The Balaban J connectivity index is 1.75. The fourth-order valence-corrected chi connectivity index (χ4v) is 4.06. The molecule has 2 heterocycles. The maximum atomic E-state index is 10.3. The van der Waals surface area contributed by atoms with E-state index in [1.54, 1.807) is 13.3 Å². The van der Waals surface area contributed by atoms with Crippen molar-refractivity contribution in [2.45, 2.75) is 57.2 Å². The molecule has 0 amide bonds. The van der Waals surface area contributed by atoms with E-state index in [4.69, 9.17) is 4.74 Å². The zero-order valence-corrected chi connectivity index (χ0v) is 12.9. The predicted octanol–water partition coefficient (Wildman–Crippen LogP) is 2.61. The van der Waals surface area contributed by atoms with E-state index in [1.165, 1.54) is 32.1 Å². The maximum Gasteiger partial charge on any atom is 0.217 e. The van der Waals surface area contributed by atoms with Crippen LogP contribution in [0.1, 0.15) is 44.1 Å². The Morgan fingerprint density at radius 2 is 2.19 bits per heavy atom. The maximum absolute atomic E-state index is 10.3. The lowest BCUT2D eigenvalue weighted by Gasteiger charge is -2.40. The second-order valence-corrected chi connectivity index (χ2v) is 6.37. The number of aromatic nitrogens is 1. The zero-order chi connectivity index (χ0) is 14.7. The van der Waals surface area contributed by atoms with E-state index in [1.807, 2.05) is 6.07 Å². The summed E-state index contributed by atoms with van der Waals surface area (Å²) in [6.07, 6.45) is 8.74. The Kier molecular flexibility index (Phi) is 4.76. The van der Waals surface area contributed by atoms with Crippen LogP contribution in [-0.2, 0) is 6.54 Å². The van der Waals surface area contributed by atoms with Crippen LogP contribution < -0.4 is 4.74 Å². The fourth-order valence-electron chi connectivity index (χ4n) is 4.06. The van der Waals surface area contributed by atoms with Crippen LogP contribution in [0.25, 0.3) is 0 Å². The highest BCUT2D eigenvalue weighted by atomic mass is 16.5. The molecule has 2 fully saturated rings. The van der Waals surface area contributed by atoms with Gasteiger partial charge < -0.3 is 9.84 Å². The van der Waals surface area contributed by atoms with Gasteiger partial charge in [0.25, 0.3) is 0 Å². The van der Waals surface area contributed by atoms with E-state index in [-0.39, 0.29) is 6.10 Å². The van der Waals surface area contributed by atoms with Gasteiger partial charge in [0.1, 0.15) is 0 Å². The number of pyridine rings is 1. The number of piperidine rings is 1. The second kappa shape index (κ2) is 6.75. The van der Waals surface area contributed by atoms with E-state index < -0.39 is 0 Å². The largest absolute Gasteiger partial charge is 0.481 e. The summed E-state index contributed by atoms with van der Waals surface area (Å²) in [5.74, 6) is 1.18. The summed E-state index contributed by atoms with van der Waals surface area (Å²) in [6.45, 7) is 2.00. The highest BCUT2D eigenvalue weighted by Gasteiger charge is 2.37. The molecule has 1 saturated heterocycles. The van der Waals surface area contributed by atoms with Gasteiger partial charge in [0.2, 0.25) is 5.88 Å². The molecular formula is C17H26N2O2. The number of aliphatic hydroxyl groups excluding tert-OH is 1. The van der Waals surface area contributed by atoms with E-state index in [2.05, 4.69) is 16.0 Å². The van der Waals surface area contributed by atoms with Gasteiger partial charge in [-0.25, -0.2) is 4.98 Å². The van der Waals surface area contributed by atoms with Crippen molar-refractivity contribution in [3.8, 4) is 5.88 Å². The van der Waals surface area contributed by atoms with Gasteiger partial charge in [-0.15, -0.1) is 0 Å². The molecule has 1 aliphatic carbocycles. The van der Waals surface area contributed by atoms with Crippen LogP contribution in [0.2, 0.25) is 0 Å². The molecule has 2 aliphatic rings. The van der Waals surface area contributed by atoms with Gasteiger partial charge in [0.05, 0.1) is 13.2 Å². The molecule has 0 radical (unpaired) electrons. The highest BCUT2D eigenvalue weighted by molar-refractivity contribution is 5.25. The Labute approximate surface area is 127 Å². The summed E-state index contributed by atoms with van der Waals surface area (Å²) >= 11 is 0. The lowest BCUT2D eigenvalue weighted by molar-refractivity contribution is 0.0309. The summed E-state index contributed by atoms with van der Waals surface area (Å²) in [5, 5.41) is 10.3. The molecular weight excluding hydrogens is 264 g/mol. The van der Waals surface area contributed by atoms with Crippen LogP contribution in [0.3, 0.4) is 0 Å². The smallest absolute Gasteiger partial charge is 0.217 e. The van der Waals surface area contributed by atoms with Crippen LogP contribution >= 0.6 is 0 Å². The van der Waals surface area contributed by atoms with Gasteiger partial charge >= 0.3 is 0 Å². The molecule has 3 rings (SSSR count). The first-order chi connectivity index (χ1) is 10.3. The van der Waals surface area contributed by atoms with Crippen molar-refractivity contribution in [3.05, 3.63) is 23.9 Å². The van der Waals surface area contributed by atoms with Crippen molar-refractivity contribution in [2.24, 2.45) is 5.92 Å². The summed E-state index contributed by atoms with van der Waals surface area (Å²) in [7, 11) is 1.68. The molecule has 0 bridgehead atoms. The van der Waals surface area contributed by atoms with Crippen molar-refractivity contribution in [1.82, 2.24) is 9.88 Å². The number of methoxy groups -OCH3 is 1. The van der Waals surface area contributed by atoms with Crippen LogP contribution in [0.4, 0.5) is 0 Å². The quantitative estimate of drug-likeness (QED) is 0.926. The Morgan fingerprint density at radius 3 is 2.95 bits per heavy atom. The summed E-state index contributed by atoms with van der Waals surface area (Å²) < 4.78 is 5.38. The highest BCUT2D eigenvalue weighted by Crippen LogP contribution is 2.36. The SMILES string of the molecule is COc1ncccc1CN1CCCCC1C1CCCC1O. The second-order valence-electron chi connectivity index (χ2n) is 6.37. The minimum absolute atomic E-state index is 0.105. The Morgan fingerprint density at radius 1 is 1.29 bits per heavy atom. The fraction of sp³-hybridized carbons (Fsp3) is 0.706. The lowest BCUT2D eigenvalue weighted by atomic mass is 9.87. The molecule has 3 unspecified atom stereocenters. The first kappa shape index (κ1) is 14.8. The van der Waals surface area contributed by atoms with E-state index in [0.717, 1.165) is 31.0 Å². The molecule has 1 aromatic heterocycles. The van der Waals surface area contributed by atoms with Gasteiger partial charge in [-0.05, 0) is 38.3 Å². The lowest BCUT2D eigenvalue weighted by Crippen LogP contribution is -2.45. The number of nitrogens with zero attached hydrogens (tertiary/aromatic N) is 2. The number of hydrogen-bond acceptors (Lipinski definition) is 4. The monoisotopic (exact) mass is 290 g/mol. The Hall–Kier alpha value is -1.13. The van der Waals surface area contributed by atoms with E-state index in [9.17, 15) is 5.11 Å². The summed E-state index contributed by atoms with van der Waals surface area (Å²) in [4.78, 5) is 6.85. The molecule has 4 heteroatoms. The van der Waals surface area contributed by atoms with Crippen molar-refractivity contribution in [3.63, 3.8) is 0 Å². The first-order valence-electron chi connectivity index (χ1n) is 8.19. The standard InChI is InChI=1S/C17H26N2O2/c1-21-17-13(6-5-10-18-17)12-19-11-3-2-8-15(19)14-7-4-9-16(14)20/h5-6,10,14-16,20H,2-4,7-9,11-12H2,1H3. The third kappa shape index (κ3) is 3.22. The molecule has 1 aliphatic heterocycles. The van der Waals surface area contributed by atoms with Gasteiger partial charge in [0.15, 0.2) is 0 Å². The number of aliphatic hydroxyl groups is 1. The van der Waals surface area contributed by atoms with Gasteiger partial charge in [-0.3, -0.25) is 4.90 Å². The number of likely N-dealkylation sites (tertiary alicyclic amines) is 1. The number of rotatable bonds is 4. The topological polar surface area (TPSA) is 45.6 Å². The molecule has 0 aromatic carbocycles. The average Bonchev–Trinajstić information content (AvgIpc) is 2.94. The molecule has 1 N–H and O–H groups in total. The van der Waals surface area contributed by atoms with E-state index in [0.29, 0.717) is 12.0 Å². The molecule has 1 saturated carbocycles. The van der Waals surface area contributed by atoms with Crippen molar-refractivity contribution < 1.29 is 9.84 Å². The average molecular weight is 290 g/mol. The molecule has 21 heavy (non-hydrogen) atoms. The summed E-state index contributed by atoms with van der Waals surface area (Å²) in [6, 6.07) is 4.59. The predicted molar refractivity (Wildman–Crippen MR) is 82.2 cm³/mol. The van der Waals surface area contributed by atoms with Crippen molar-refractivity contribution in [2.75, 3.05) is 13.7 Å². The molecule has 1 aromatic rings. The normalized spacial score (nSPS) is 30.5. The van der Waals surface area contributed by atoms with Crippen LogP contribution in [0, 0.1) is 5.92 Å². The first-order valence-corrected chi connectivity index (χ1v) is 8.19. The third-order valence-corrected chi connectivity index (χ3v) is 5.11. The molecule has 3 atom stereocenters. The van der Waals surface area contributed by atoms with Gasteiger partial charge in [0, 0.05) is 30.3 Å². The van der Waals surface area contributed by atoms with Crippen molar-refractivity contribution in [1.29, 1.82) is 0 Å². The minimum Gasteiger partial charge on any atom is -0.481 e. The molecule has 116 valence electrons. The molecule has 0 spiro atoms. The number of hydrogen-bond donors (Lipinski definition) is 1. The molecule has 4 nitrogen and oxygen atoms in total. The van der Waals surface area contributed by atoms with Crippen LogP contribution in [0.5, 0.6) is 5.88 Å². The van der Waals surface area contributed by atoms with Crippen molar-refractivity contribution >= 4 is 0 Å². The van der Waals surface area contributed by atoms with Gasteiger partial charge in [-0.1, -0.05) is 18.9 Å². The zero-order valence-electron chi connectivity index (χ0n) is 12.9. The summed E-state index contributed by atoms with van der Waals surface area (Å²) in [5.41, 5.74) is 1.15. The van der Waals surface area contributed by atoms with Crippen LogP contribution in [-0.4, -0.2) is 40.8 Å². The third-order valence-electron chi connectivity index (χ3n) is 5.11. The van der Waals surface area contributed by atoms with Gasteiger partial charge in [-0.2, -0.15) is 0 Å². The van der Waals surface area contributed by atoms with E-state index >= 15 is 0 Å². The Bertz CT molecular complexity index is 466. The minimum atomic E-state index is -0.105.